The highest BCUT2D eigenvalue weighted by molar-refractivity contribution is 6.08. The molecule has 0 unspecified atom stereocenters. The first kappa shape index (κ1) is 14.3. The Kier molecular flexibility index (Phi) is 3.91. The summed E-state index contributed by atoms with van der Waals surface area (Å²) in [4.78, 5) is 24.3. The molecule has 2 aromatic rings. The molecule has 1 aliphatic carbocycles. The van der Waals surface area contributed by atoms with Crippen molar-refractivity contribution in [2.75, 3.05) is 12.4 Å². The maximum atomic E-state index is 12.4. The summed E-state index contributed by atoms with van der Waals surface area (Å²) in [6.45, 7) is 0. The molecular formula is C16H17N3O3. The summed E-state index contributed by atoms with van der Waals surface area (Å²) in [6.07, 6.45) is 3.72. The van der Waals surface area contributed by atoms with Crippen LogP contribution < -0.4 is 10.6 Å². The third kappa shape index (κ3) is 2.59. The van der Waals surface area contributed by atoms with Crippen LogP contribution in [-0.4, -0.2) is 24.0 Å². The number of hydrogen-bond donors (Lipinski definition) is 2. The minimum absolute atomic E-state index is 0.252. The molecule has 1 heterocycles. The molecule has 0 fully saturated rings. The molecule has 0 spiro atoms. The smallest absolute Gasteiger partial charge is 0.278 e. The lowest BCUT2D eigenvalue weighted by atomic mass is 9.96. The number of anilines is 1. The molecule has 0 atom stereocenters. The van der Waals surface area contributed by atoms with Crippen LogP contribution in [0.15, 0.2) is 28.8 Å². The van der Waals surface area contributed by atoms with Gasteiger partial charge in [-0.05, 0) is 31.4 Å². The summed E-state index contributed by atoms with van der Waals surface area (Å²) in [7, 11) is 1.55. The number of nitrogens with zero attached hydrogens (tertiary/aromatic N) is 1. The van der Waals surface area contributed by atoms with Crippen LogP contribution in [-0.2, 0) is 12.8 Å². The van der Waals surface area contributed by atoms with E-state index in [1.165, 1.54) is 0 Å². The van der Waals surface area contributed by atoms with Crippen molar-refractivity contribution in [3.05, 3.63) is 46.8 Å². The molecular weight excluding hydrogens is 282 g/mol. The number of fused-ring (bicyclic) bond motifs is 1. The van der Waals surface area contributed by atoms with Crippen LogP contribution in [0.5, 0.6) is 0 Å². The van der Waals surface area contributed by atoms with E-state index < -0.39 is 0 Å². The Morgan fingerprint density at radius 2 is 1.91 bits per heavy atom. The molecule has 0 radical (unpaired) electrons. The van der Waals surface area contributed by atoms with Gasteiger partial charge >= 0.3 is 0 Å². The predicted octanol–water partition coefficient (Wildman–Crippen LogP) is 2.17. The zero-order chi connectivity index (χ0) is 15.5. The first-order valence-corrected chi connectivity index (χ1v) is 7.30. The highest BCUT2D eigenvalue weighted by Gasteiger charge is 2.24. The first-order chi connectivity index (χ1) is 10.7. The van der Waals surface area contributed by atoms with Gasteiger partial charge in [-0.3, -0.25) is 9.59 Å². The van der Waals surface area contributed by atoms with Crippen LogP contribution in [0.25, 0.3) is 0 Å². The highest BCUT2D eigenvalue weighted by atomic mass is 16.5. The standard InChI is InChI=1S/C16H17N3O3/c1-17-15(20)10-6-2-4-8-12(10)18-16(21)14-11-7-3-5-9-13(11)22-19-14/h2,4,6,8H,3,5,7,9H2,1H3,(H,17,20)(H,18,21). The molecule has 1 aliphatic rings. The van der Waals surface area contributed by atoms with E-state index in [4.69, 9.17) is 4.52 Å². The number of rotatable bonds is 3. The van der Waals surface area contributed by atoms with Crippen molar-refractivity contribution in [2.45, 2.75) is 25.7 Å². The summed E-state index contributed by atoms with van der Waals surface area (Å²) >= 11 is 0. The number of amides is 2. The van der Waals surface area contributed by atoms with E-state index in [1.807, 2.05) is 0 Å². The van der Waals surface area contributed by atoms with Crippen molar-refractivity contribution in [3.63, 3.8) is 0 Å². The first-order valence-electron chi connectivity index (χ1n) is 7.30. The maximum Gasteiger partial charge on any atom is 0.278 e. The molecule has 114 valence electrons. The van der Waals surface area contributed by atoms with Crippen LogP contribution in [0.3, 0.4) is 0 Å². The van der Waals surface area contributed by atoms with E-state index >= 15 is 0 Å². The van der Waals surface area contributed by atoms with Crippen LogP contribution in [0, 0.1) is 0 Å². The fraction of sp³-hybridized carbons (Fsp3) is 0.312. The van der Waals surface area contributed by atoms with Gasteiger partial charge < -0.3 is 15.2 Å². The fourth-order valence-electron chi connectivity index (χ4n) is 2.67. The van der Waals surface area contributed by atoms with Gasteiger partial charge in [-0.15, -0.1) is 0 Å². The van der Waals surface area contributed by atoms with Crippen molar-refractivity contribution in [1.29, 1.82) is 0 Å². The van der Waals surface area contributed by atoms with E-state index in [2.05, 4.69) is 15.8 Å². The van der Waals surface area contributed by atoms with Crippen molar-refractivity contribution < 1.29 is 14.1 Å². The van der Waals surface area contributed by atoms with E-state index in [0.29, 0.717) is 16.9 Å². The minimum atomic E-state index is -0.344. The van der Waals surface area contributed by atoms with Crippen molar-refractivity contribution in [3.8, 4) is 0 Å². The molecule has 3 rings (SSSR count). The van der Waals surface area contributed by atoms with Crippen LogP contribution in [0.1, 0.15) is 45.0 Å². The normalized spacial score (nSPS) is 13.3. The number of carbonyl (C=O) groups is 2. The van der Waals surface area contributed by atoms with Gasteiger partial charge in [0.15, 0.2) is 5.69 Å². The second kappa shape index (κ2) is 6.01. The molecule has 0 bridgehead atoms. The summed E-state index contributed by atoms with van der Waals surface area (Å²) in [5, 5.41) is 9.21. The Bertz CT molecular complexity index is 721. The number of carbonyl (C=O) groups excluding carboxylic acids is 2. The summed E-state index contributed by atoms with van der Waals surface area (Å²) in [6, 6.07) is 6.86. The Morgan fingerprint density at radius 3 is 2.73 bits per heavy atom. The van der Waals surface area contributed by atoms with Gasteiger partial charge in [0.05, 0.1) is 11.3 Å². The minimum Gasteiger partial charge on any atom is -0.360 e. The van der Waals surface area contributed by atoms with Crippen molar-refractivity contribution in [1.82, 2.24) is 10.5 Å². The number of para-hydroxylation sites is 1. The van der Waals surface area contributed by atoms with Gasteiger partial charge in [0, 0.05) is 19.0 Å². The SMILES string of the molecule is CNC(=O)c1ccccc1NC(=O)c1noc2c1CCCC2. The second-order valence-electron chi connectivity index (χ2n) is 5.22. The third-order valence-corrected chi connectivity index (χ3v) is 3.81. The molecule has 22 heavy (non-hydrogen) atoms. The molecule has 2 amide bonds. The lowest BCUT2D eigenvalue weighted by Crippen LogP contribution is -2.22. The topological polar surface area (TPSA) is 84.2 Å². The second-order valence-corrected chi connectivity index (χ2v) is 5.22. The van der Waals surface area contributed by atoms with E-state index in [1.54, 1.807) is 31.3 Å². The predicted molar refractivity (Wildman–Crippen MR) is 80.9 cm³/mol. The summed E-state index contributed by atoms with van der Waals surface area (Å²) in [5.74, 6) is 0.206. The lowest BCUT2D eigenvalue weighted by molar-refractivity contribution is 0.0964. The van der Waals surface area contributed by atoms with Gasteiger partial charge in [0.1, 0.15) is 5.76 Å². The number of nitrogens with one attached hydrogen (secondary N) is 2. The summed E-state index contributed by atoms with van der Waals surface area (Å²) < 4.78 is 5.25. The fourth-order valence-corrected chi connectivity index (χ4v) is 2.67. The van der Waals surface area contributed by atoms with E-state index in [-0.39, 0.29) is 11.8 Å². The maximum absolute atomic E-state index is 12.4. The molecule has 0 saturated carbocycles. The van der Waals surface area contributed by atoms with E-state index in [9.17, 15) is 9.59 Å². The molecule has 2 N–H and O–H groups in total. The van der Waals surface area contributed by atoms with Crippen LogP contribution in [0.4, 0.5) is 5.69 Å². The Hall–Kier alpha value is -2.63. The quantitative estimate of drug-likeness (QED) is 0.909. The lowest BCUT2D eigenvalue weighted by Gasteiger charge is -2.11. The third-order valence-electron chi connectivity index (χ3n) is 3.81. The van der Waals surface area contributed by atoms with Gasteiger partial charge in [-0.2, -0.15) is 0 Å². The monoisotopic (exact) mass is 299 g/mol. The average molecular weight is 299 g/mol. The molecule has 6 nitrogen and oxygen atoms in total. The van der Waals surface area contributed by atoms with Gasteiger partial charge in [0.25, 0.3) is 11.8 Å². The Balaban J connectivity index is 1.86. The molecule has 1 aromatic carbocycles. The Labute approximate surface area is 127 Å². The van der Waals surface area contributed by atoms with Gasteiger partial charge in [-0.25, -0.2) is 0 Å². The molecule has 0 aliphatic heterocycles. The van der Waals surface area contributed by atoms with Crippen LogP contribution >= 0.6 is 0 Å². The zero-order valence-electron chi connectivity index (χ0n) is 12.3. The number of benzene rings is 1. The number of aromatic nitrogens is 1. The van der Waals surface area contributed by atoms with Crippen LogP contribution in [0.2, 0.25) is 0 Å². The zero-order valence-corrected chi connectivity index (χ0v) is 12.3. The molecule has 6 heteroatoms. The van der Waals surface area contributed by atoms with Crippen molar-refractivity contribution >= 4 is 17.5 Å². The molecule has 1 aromatic heterocycles. The largest absolute Gasteiger partial charge is 0.360 e. The number of hydrogen-bond acceptors (Lipinski definition) is 4. The van der Waals surface area contributed by atoms with Crippen molar-refractivity contribution in [2.24, 2.45) is 0 Å². The van der Waals surface area contributed by atoms with Gasteiger partial charge in [-0.1, -0.05) is 17.3 Å². The van der Waals surface area contributed by atoms with Gasteiger partial charge in [0.2, 0.25) is 0 Å². The number of aryl methyl sites for hydroxylation is 1. The highest BCUT2D eigenvalue weighted by Crippen LogP contribution is 2.25. The summed E-state index contributed by atoms with van der Waals surface area (Å²) in [5.41, 5.74) is 2.08. The Morgan fingerprint density at radius 1 is 1.14 bits per heavy atom. The average Bonchev–Trinajstić information content (AvgIpc) is 2.99. The van der Waals surface area contributed by atoms with E-state index in [0.717, 1.165) is 37.0 Å². The molecule has 0 saturated heterocycles.